The summed E-state index contributed by atoms with van der Waals surface area (Å²) in [6.45, 7) is 2.05. The Hall–Kier alpha value is -2.69. The fourth-order valence-corrected chi connectivity index (χ4v) is 4.93. The number of nitrogens with one attached hydrogen (secondary N) is 1. The van der Waals surface area contributed by atoms with Gasteiger partial charge in [0.05, 0.1) is 0 Å². The normalized spacial score (nSPS) is 23.6. The van der Waals surface area contributed by atoms with Crippen molar-refractivity contribution in [2.75, 3.05) is 6.61 Å². The third-order valence-electron chi connectivity index (χ3n) is 6.42. The van der Waals surface area contributed by atoms with Crippen LogP contribution in [-0.2, 0) is 4.79 Å². The van der Waals surface area contributed by atoms with Gasteiger partial charge in [0.1, 0.15) is 11.6 Å². The van der Waals surface area contributed by atoms with E-state index in [4.69, 9.17) is 4.74 Å². The minimum atomic E-state index is -0.377. The van der Waals surface area contributed by atoms with E-state index in [1.165, 1.54) is 49.9 Å². The van der Waals surface area contributed by atoms with E-state index in [0.717, 1.165) is 11.8 Å². The van der Waals surface area contributed by atoms with Gasteiger partial charge in [0.25, 0.3) is 5.91 Å². The molecule has 29 heavy (non-hydrogen) atoms. The molecule has 2 aliphatic rings. The number of hydrogen-bond donors (Lipinski definition) is 1. The van der Waals surface area contributed by atoms with Crippen molar-refractivity contribution in [2.24, 2.45) is 17.8 Å². The summed E-state index contributed by atoms with van der Waals surface area (Å²) in [7, 11) is 0. The summed E-state index contributed by atoms with van der Waals surface area (Å²) in [5.41, 5.74) is 0.910. The highest BCUT2D eigenvalue weighted by Gasteiger charge is 2.42. The molecule has 5 heteroatoms. The van der Waals surface area contributed by atoms with Crippen molar-refractivity contribution in [3.63, 3.8) is 0 Å². The summed E-state index contributed by atoms with van der Waals surface area (Å²) in [6, 6.07) is 12.3. The van der Waals surface area contributed by atoms with Gasteiger partial charge in [0.2, 0.25) is 0 Å². The Bertz CT molecular complexity index is 878. The Morgan fingerprint density at radius 1 is 1.03 bits per heavy atom. The summed E-state index contributed by atoms with van der Waals surface area (Å²) in [5, 5.41) is 3.08. The van der Waals surface area contributed by atoms with Crippen molar-refractivity contribution in [2.45, 2.75) is 38.6 Å². The van der Waals surface area contributed by atoms with Crippen LogP contribution in [-0.4, -0.2) is 24.3 Å². The topological polar surface area (TPSA) is 55.4 Å². The predicted molar refractivity (Wildman–Crippen MR) is 108 cm³/mol. The quantitative estimate of drug-likeness (QED) is 0.708. The van der Waals surface area contributed by atoms with Gasteiger partial charge in [-0.15, -0.1) is 0 Å². The summed E-state index contributed by atoms with van der Waals surface area (Å²) in [4.78, 5) is 24.7. The van der Waals surface area contributed by atoms with Crippen LogP contribution < -0.4 is 10.1 Å². The van der Waals surface area contributed by atoms with Crippen LogP contribution in [0.5, 0.6) is 5.75 Å². The van der Waals surface area contributed by atoms with Crippen molar-refractivity contribution in [1.82, 2.24) is 5.32 Å². The molecule has 1 N–H and O–H groups in total. The Morgan fingerprint density at radius 2 is 1.69 bits per heavy atom. The van der Waals surface area contributed by atoms with Gasteiger partial charge >= 0.3 is 0 Å². The van der Waals surface area contributed by atoms with Gasteiger partial charge < -0.3 is 10.1 Å². The van der Waals surface area contributed by atoms with Gasteiger partial charge in [-0.3, -0.25) is 9.59 Å². The Labute approximate surface area is 170 Å². The van der Waals surface area contributed by atoms with Crippen LogP contribution in [0.25, 0.3) is 0 Å². The molecule has 4 atom stereocenters. The summed E-state index contributed by atoms with van der Waals surface area (Å²) >= 11 is 0. The van der Waals surface area contributed by atoms with Gasteiger partial charge in [-0.1, -0.05) is 6.42 Å². The first kappa shape index (κ1) is 19.6. The van der Waals surface area contributed by atoms with E-state index in [9.17, 15) is 14.0 Å². The van der Waals surface area contributed by atoms with Gasteiger partial charge in [0.15, 0.2) is 12.4 Å². The van der Waals surface area contributed by atoms with Crippen molar-refractivity contribution < 1.29 is 18.7 Å². The smallest absolute Gasteiger partial charge is 0.258 e. The lowest BCUT2D eigenvalue weighted by molar-refractivity contribution is -0.124. The number of ketones is 1. The molecule has 1 amide bonds. The van der Waals surface area contributed by atoms with E-state index >= 15 is 0 Å². The highest BCUT2D eigenvalue weighted by molar-refractivity contribution is 6.09. The molecule has 2 aromatic rings. The molecule has 2 saturated carbocycles. The molecule has 4 nitrogen and oxygen atoms in total. The van der Waals surface area contributed by atoms with E-state index in [1.54, 1.807) is 24.3 Å². The van der Waals surface area contributed by atoms with E-state index in [-0.39, 0.29) is 30.2 Å². The number of halogens is 1. The molecule has 2 bridgehead atoms. The van der Waals surface area contributed by atoms with Crippen molar-refractivity contribution in [3.05, 3.63) is 65.5 Å². The summed E-state index contributed by atoms with van der Waals surface area (Å²) < 4.78 is 18.6. The maximum absolute atomic E-state index is 13.0. The largest absolute Gasteiger partial charge is 0.484 e. The van der Waals surface area contributed by atoms with E-state index in [0.29, 0.717) is 22.8 Å². The van der Waals surface area contributed by atoms with Crippen LogP contribution in [0, 0.1) is 23.6 Å². The molecule has 2 aromatic carbocycles. The third kappa shape index (κ3) is 4.50. The number of amides is 1. The van der Waals surface area contributed by atoms with Crippen LogP contribution in [0.1, 0.15) is 48.5 Å². The Balaban J connectivity index is 1.27. The van der Waals surface area contributed by atoms with Gasteiger partial charge in [0, 0.05) is 17.2 Å². The molecule has 0 radical (unpaired) electrons. The SMILES string of the molecule is C[C@@H](NC(=O)COc1ccc(C(=O)c2ccc(F)cc2)cc1)[C@@H]1C[C@H]2CC[C@H]1C2. The zero-order valence-corrected chi connectivity index (χ0v) is 16.6. The average Bonchev–Trinajstić information content (AvgIpc) is 3.36. The maximum atomic E-state index is 13.0. The lowest BCUT2D eigenvalue weighted by Gasteiger charge is -2.28. The first-order chi connectivity index (χ1) is 14.0. The van der Waals surface area contributed by atoms with Crippen molar-refractivity contribution >= 4 is 11.7 Å². The minimum absolute atomic E-state index is 0.0452. The highest BCUT2D eigenvalue weighted by Crippen LogP contribution is 2.49. The predicted octanol–water partition coefficient (Wildman–Crippen LogP) is 4.38. The molecular formula is C24H26FNO3. The summed E-state index contributed by atoms with van der Waals surface area (Å²) in [5.74, 6) is 2.07. The van der Waals surface area contributed by atoms with Crippen LogP contribution in [0.15, 0.2) is 48.5 Å². The number of fused-ring (bicyclic) bond motifs is 2. The molecule has 0 unspecified atom stereocenters. The van der Waals surface area contributed by atoms with Crippen molar-refractivity contribution in [1.29, 1.82) is 0 Å². The zero-order chi connectivity index (χ0) is 20.4. The van der Waals surface area contributed by atoms with Gasteiger partial charge in [-0.2, -0.15) is 0 Å². The maximum Gasteiger partial charge on any atom is 0.258 e. The monoisotopic (exact) mass is 395 g/mol. The lowest BCUT2D eigenvalue weighted by atomic mass is 9.84. The first-order valence-electron chi connectivity index (χ1n) is 10.3. The molecule has 0 aromatic heterocycles. The molecule has 2 aliphatic carbocycles. The molecule has 0 aliphatic heterocycles. The molecule has 152 valence electrons. The Kier molecular flexibility index (Phi) is 5.65. The molecular weight excluding hydrogens is 369 g/mol. The van der Waals surface area contributed by atoms with Crippen LogP contribution in [0.4, 0.5) is 4.39 Å². The second kappa shape index (κ2) is 8.36. The molecule has 0 saturated heterocycles. The van der Waals surface area contributed by atoms with Gasteiger partial charge in [-0.05, 0) is 92.5 Å². The first-order valence-corrected chi connectivity index (χ1v) is 10.3. The van der Waals surface area contributed by atoms with Crippen molar-refractivity contribution in [3.8, 4) is 5.75 Å². The fraction of sp³-hybridized carbons (Fsp3) is 0.417. The third-order valence-corrected chi connectivity index (χ3v) is 6.42. The molecule has 0 spiro atoms. The summed E-state index contributed by atoms with van der Waals surface area (Å²) in [6.07, 6.45) is 5.21. The van der Waals surface area contributed by atoms with E-state index in [1.807, 2.05) is 0 Å². The number of benzene rings is 2. The number of carbonyl (C=O) groups is 2. The molecule has 2 fully saturated rings. The Morgan fingerprint density at radius 3 is 2.28 bits per heavy atom. The minimum Gasteiger partial charge on any atom is -0.484 e. The lowest BCUT2D eigenvalue weighted by Crippen LogP contribution is -2.42. The molecule has 4 rings (SSSR count). The fourth-order valence-electron chi connectivity index (χ4n) is 4.93. The number of carbonyl (C=O) groups excluding carboxylic acids is 2. The highest BCUT2D eigenvalue weighted by atomic mass is 19.1. The number of rotatable bonds is 7. The van der Waals surface area contributed by atoms with E-state index in [2.05, 4.69) is 12.2 Å². The van der Waals surface area contributed by atoms with E-state index < -0.39 is 0 Å². The second-order valence-electron chi connectivity index (χ2n) is 8.34. The van der Waals surface area contributed by atoms with Crippen LogP contribution in [0.3, 0.4) is 0 Å². The van der Waals surface area contributed by atoms with Gasteiger partial charge in [-0.25, -0.2) is 4.39 Å². The number of ether oxygens (including phenoxy) is 1. The van der Waals surface area contributed by atoms with Crippen LogP contribution in [0.2, 0.25) is 0 Å². The standard InChI is InChI=1S/C24H26FNO3/c1-15(22-13-16-2-3-19(22)12-16)26-23(27)14-29-21-10-6-18(7-11-21)24(28)17-4-8-20(25)9-5-17/h4-11,15-16,19,22H,2-3,12-14H2,1H3,(H,26,27)/t15-,16+,19+,22+/m1/s1. The number of hydrogen-bond acceptors (Lipinski definition) is 3. The second-order valence-corrected chi connectivity index (χ2v) is 8.34. The zero-order valence-electron chi connectivity index (χ0n) is 16.6. The average molecular weight is 395 g/mol. The van der Waals surface area contributed by atoms with Crippen LogP contribution >= 0.6 is 0 Å². The molecule has 0 heterocycles.